The maximum atomic E-state index is 14.2. The molecule has 0 bridgehead atoms. The van der Waals surface area contributed by atoms with Crippen molar-refractivity contribution >= 4 is 11.3 Å². The summed E-state index contributed by atoms with van der Waals surface area (Å²) in [6, 6.07) is 9.59. The number of nitrogens with zero attached hydrogens (tertiary/aromatic N) is 1. The highest BCUT2D eigenvalue weighted by Crippen LogP contribution is 2.28. The van der Waals surface area contributed by atoms with E-state index >= 15 is 0 Å². The lowest BCUT2D eigenvalue weighted by atomic mass is 10.0. The second kappa shape index (κ2) is 7.16. The van der Waals surface area contributed by atoms with Crippen LogP contribution >= 0.6 is 11.3 Å². The molecule has 0 spiro atoms. The Hall–Kier alpha value is -1.23. The molecule has 21 heavy (non-hydrogen) atoms. The molecule has 0 saturated heterocycles. The number of hydrogen-bond donors (Lipinski definition) is 1. The molecule has 0 fully saturated rings. The molecule has 2 rings (SSSR count). The fourth-order valence-electron chi connectivity index (χ4n) is 2.59. The summed E-state index contributed by atoms with van der Waals surface area (Å²) in [5.74, 6) is -0.173. The van der Waals surface area contributed by atoms with Crippen molar-refractivity contribution in [3.05, 3.63) is 57.5 Å². The Morgan fingerprint density at radius 1 is 1.29 bits per heavy atom. The van der Waals surface area contributed by atoms with Gasteiger partial charge in [-0.2, -0.15) is 0 Å². The standard InChI is InChI=1S/C17H23FN2S/c1-12(2)20(11-14-5-4-8-21-14)17(10-19)15-9-13(3)6-7-16(15)18/h4-9,12,17H,10-11,19H2,1-3H3. The summed E-state index contributed by atoms with van der Waals surface area (Å²) in [7, 11) is 0. The normalized spacial score (nSPS) is 13.1. The van der Waals surface area contributed by atoms with Crippen LogP contribution < -0.4 is 5.73 Å². The Bertz CT molecular complexity index is 566. The van der Waals surface area contributed by atoms with Gasteiger partial charge in [-0.15, -0.1) is 11.3 Å². The molecule has 1 aromatic heterocycles. The first-order valence-electron chi connectivity index (χ1n) is 7.27. The van der Waals surface area contributed by atoms with E-state index in [-0.39, 0.29) is 11.9 Å². The van der Waals surface area contributed by atoms with Crippen molar-refractivity contribution in [2.45, 2.75) is 39.4 Å². The Balaban J connectivity index is 2.33. The van der Waals surface area contributed by atoms with Gasteiger partial charge in [0, 0.05) is 29.6 Å². The molecule has 1 unspecified atom stereocenters. The van der Waals surface area contributed by atoms with Gasteiger partial charge in [-0.25, -0.2) is 4.39 Å². The van der Waals surface area contributed by atoms with Gasteiger partial charge in [0.05, 0.1) is 6.04 Å². The van der Waals surface area contributed by atoms with Crippen LogP contribution in [0.2, 0.25) is 0 Å². The summed E-state index contributed by atoms with van der Waals surface area (Å²) < 4.78 is 14.2. The molecule has 0 aliphatic carbocycles. The van der Waals surface area contributed by atoms with Gasteiger partial charge in [-0.1, -0.05) is 23.8 Å². The van der Waals surface area contributed by atoms with Gasteiger partial charge in [0.2, 0.25) is 0 Å². The van der Waals surface area contributed by atoms with E-state index in [0.717, 1.165) is 12.1 Å². The average Bonchev–Trinajstić information content (AvgIpc) is 2.95. The Kier molecular flexibility index (Phi) is 5.51. The van der Waals surface area contributed by atoms with E-state index in [0.29, 0.717) is 18.2 Å². The zero-order valence-corrected chi connectivity index (χ0v) is 13.7. The Morgan fingerprint density at radius 3 is 2.62 bits per heavy atom. The van der Waals surface area contributed by atoms with Crippen molar-refractivity contribution in [1.82, 2.24) is 4.90 Å². The molecule has 2 N–H and O–H groups in total. The minimum absolute atomic E-state index is 0.105. The van der Waals surface area contributed by atoms with Gasteiger partial charge in [-0.3, -0.25) is 4.90 Å². The Labute approximate surface area is 130 Å². The third-order valence-corrected chi connectivity index (χ3v) is 4.58. The molecule has 1 heterocycles. The average molecular weight is 306 g/mol. The molecule has 4 heteroatoms. The zero-order chi connectivity index (χ0) is 15.4. The van der Waals surface area contributed by atoms with E-state index in [1.807, 2.05) is 19.1 Å². The van der Waals surface area contributed by atoms with Gasteiger partial charge >= 0.3 is 0 Å². The number of aryl methyl sites for hydroxylation is 1. The number of halogens is 1. The molecule has 0 radical (unpaired) electrons. The highest BCUT2D eigenvalue weighted by molar-refractivity contribution is 7.09. The maximum absolute atomic E-state index is 14.2. The van der Waals surface area contributed by atoms with Crippen LogP contribution in [-0.4, -0.2) is 17.5 Å². The smallest absolute Gasteiger partial charge is 0.128 e. The van der Waals surface area contributed by atoms with Gasteiger partial charge in [0.1, 0.15) is 5.82 Å². The van der Waals surface area contributed by atoms with Crippen LogP contribution in [0.25, 0.3) is 0 Å². The van der Waals surface area contributed by atoms with Gasteiger partial charge in [0.25, 0.3) is 0 Å². The van der Waals surface area contributed by atoms with Crippen LogP contribution in [0.3, 0.4) is 0 Å². The lowest BCUT2D eigenvalue weighted by Gasteiger charge is -2.34. The van der Waals surface area contributed by atoms with Crippen molar-refractivity contribution in [1.29, 1.82) is 0 Å². The van der Waals surface area contributed by atoms with Crippen molar-refractivity contribution in [2.24, 2.45) is 5.73 Å². The number of benzene rings is 1. The number of rotatable bonds is 6. The van der Waals surface area contributed by atoms with Crippen molar-refractivity contribution in [3.63, 3.8) is 0 Å². The van der Waals surface area contributed by atoms with E-state index in [1.54, 1.807) is 17.4 Å². The SMILES string of the molecule is Cc1ccc(F)c(C(CN)N(Cc2cccs2)C(C)C)c1. The molecule has 0 amide bonds. The van der Waals surface area contributed by atoms with E-state index in [2.05, 4.69) is 30.2 Å². The number of nitrogens with two attached hydrogens (primary N) is 1. The van der Waals surface area contributed by atoms with Crippen LogP contribution in [0.1, 0.15) is 35.9 Å². The molecule has 0 saturated carbocycles. The molecule has 1 aromatic carbocycles. The molecule has 0 aliphatic rings. The first kappa shape index (κ1) is 16.1. The first-order valence-corrected chi connectivity index (χ1v) is 8.15. The first-order chi connectivity index (χ1) is 10.0. The summed E-state index contributed by atoms with van der Waals surface area (Å²) in [5.41, 5.74) is 7.74. The molecule has 2 aromatic rings. The van der Waals surface area contributed by atoms with Crippen LogP contribution in [0.5, 0.6) is 0 Å². The predicted octanol–water partition coefficient (Wildman–Crippen LogP) is 4.11. The highest BCUT2D eigenvalue weighted by Gasteiger charge is 2.24. The summed E-state index contributed by atoms with van der Waals surface area (Å²) >= 11 is 1.72. The van der Waals surface area contributed by atoms with E-state index in [4.69, 9.17) is 5.73 Å². The molecular formula is C17H23FN2S. The lowest BCUT2D eigenvalue weighted by Crippen LogP contribution is -2.38. The lowest BCUT2D eigenvalue weighted by molar-refractivity contribution is 0.146. The van der Waals surface area contributed by atoms with Crippen molar-refractivity contribution in [3.8, 4) is 0 Å². The summed E-state index contributed by atoms with van der Waals surface area (Å²) in [6.45, 7) is 7.44. The quantitative estimate of drug-likeness (QED) is 0.870. The largest absolute Gasteiger partial charge is 0.329 e. The third-order valence-electron chi connectivity index (χ3n) is 3.72. The van der Waals surface area contributed by atoms with Crippen molar-refractivity contribution < 1.29 is 4.39 Å². The third kappa shape index (κ3) is 3.90. The van der Waals surface area contributed by atoms with Crippen LogP contribution in [-0.2, 0) is 6.54 Å². The molecule has 114 valence electrons. The fraction of sp³-hybridized carbons (Fsp3) is 0.412. The van der Waals surface area contributed by atoms with E-state index < -0.39 is 0 Å². The highest BCUT2D eigenvalue weighted by atomic mass is 32.1. The number of thiophene rings is 1. The molecular weight excluding hydrogens is 283 g/mol. The molecule has 2 nitrogen and oxygen atoms in total. The van der Waals surface area contributed by atoms with Gasteiger partial charge < -0.3 is 5.73 Å². The van der Waals surface area contributed by atoms with Gasteiger partial charge in [0.15, 0.2) is 0 Å². The van der Waals surface area contributed by atoms with Gasteiger partial charge in [-0.05, 0) is 38.3 Å². The summed E-state index contributed by atoms with van der Waals surface area (Å²) in [4.78, 5) is 3.54. The van der Waals surface area contributed by atoms with E-state index in [1.165, 1.54) is 10.9 Å². The molecule has 1 atom stereocenters. The number of hydrogen-bond acceptors (Lipinski definition) is 3. The summed E-state index contributed by atoms with van der Waals surface area (Å²) in [5, 5.41) is 2.07. The minimum Gasteiger partial charge on any atom is -0.329 e. The topological polar surface area (TPSA) is 29.3 Å². The monoisotopic (exact) mass is 306 g/mol. The predicted molar refractivity (Wildman–Crippen MR) is 87.9 cm³/mol. The van der Waals surface area contributed by atoms with Crippen LogP contribution in [0, 0.1) is 12.7 Å². The summed E-state index contributed by atoms with van der Waals surface area (Å²) in [6.07, 6.45) is 0. The minimum atomic E-state index is -0.173. The second-order valence-corrected chi connectivity index (χ2v) is 6.65. The van der Waals surface area contributed by atoms with Crippen molar-refractivity contribution in [2.75, 3.05) is 6.54 Å². The zero-order valence-electron chi connectivity index (χ0n) is 12.8. The molecule has 0 aliphatic heterocycles. The van der Waals surface area contributed by atoms with Crippen LogP contribution in [0.15, 0.2) is 35.7 Å². The second-order valence-electron chi connectivity index (χ2n) is 5.62. The van der Waals surface area contributed by atoms with Crippen LogP contribution in [0.4, 0.5) is 4.39 Å². The Morgan fingerprint density at radius 2 is 2.05 bits per heavy atom. The van der Waals surface area contributed by atoms with E-state index in [9.17, 15) is 4.39 Å². The fourth-order valence-corrected chi connectivity index (χ4v) is 3.31. The maximum Gasteiger partial charge on any atom is 0.128 e.